The first kappa shape index (κ1) is 15.5. The molecule has 0 saturated carbocycles. The van der Waals surface area contributed by atoms with Crippen molar-refractivity contribution < 1.29 is 9.59 Å². The van der Waals surface area contributed by atoms with Crippen LogP contribution in [0.4, 0.5) is 5.82 Å². The number of nitrogens with zero attached hydrogens (tertiary/aromatic N) is 2. The minimum atomic E-state index is -0.873. The smallest absolute Gasteiger partial charge is 0.253 e. The molecule has 0 saturated heterocycles. The molecule has 1 aromatic carbocycles. The zero-order chi connectivity index (χ0) is 16.1. The molecule has 0 aliphatic rings. The van der Waals surface area contributed by atoms with Crippen LogP contribution >= 0.6 is 0 Å². The van der Waals surface area contributed by atoms with Crippen LogP contribution in [0.25, 0.3) is 0 Å². The summed E-state index contributed by atoms with van der Waals surface area (Å²) >= 11 is 0. The van der Waals surface area contributed by atoms with E-state index < -0.39 is 17.9 Å². The monoisotopic (exact) mass is 298 g/mol. The summed E-state index contributed by atoms with van der Waals surface area (Å²) in [6.45, 7) is 0. The van der Waals surface area contributed by atoms with Crippen LogP contribution in [0.2, 0.25) is 0 Å². The van der Waals surface area contributed by atoms with Gasteiger partial charge in [-0.1, -0.05) is 30.3 Å². The third-order valence-corrected chi connectivity index (χ3v) is 3.16. The number of hydrogen-bond acceptors (Lipinski definition) is 4. The average molecular weight is 298 g/mol. The van der Waals surface area contributed by atoms with E-state index in [9.17, 15) is 9.59 Å². The molecule has 0 aliphatic carbocycles. The van der Waals surface area contributed by atoms with Gasteiger partial charge in [0.15, 0.2) is 0 Å². The number of pyridine rings is 1. The van der Waals surface area contributed by atoms with Crippen molar-refractivity contribution in [3.63, 3.8) is 0 Å². The van der Waals surface area contributed by atoms with E-state index in [0.29, 0.717) is 11.1 Å². The number of carbonyl (C=O) groups excluding carboxylic acids is 2. The molecule has 0 unspecified atom stereocenters. The molecule has 2 aromatic rings. The Bertz CT molecular complexity index is 654. The number of aromatic nitrogens is 1. The summed E-state index contributed by atoms with van der Waals surface area (Å²) in [6.07, 6.45) is 1.47. The second-order valence-electron chi connectivity index (χ2n) is 5.02. The number of anilines is 1. The van der Waals surface area contributed by atoms with E-state index in [1.807, 2.05) is 25.1 Å². The molecule has 114 valence electrons. The molecule has 2 amide bonds. The number of hydrogen-bond donors (Lipinski definition) is 2. The van der Waals surface area contributed by atoms with Crippen molar-refractivity contribution in [1.82, 2.24) is 10.3 Å². The molecule has 1 heterocycles. The van der Waals surface area contributed by atoms with Crippen molar-refractivity contribution in [2.45, 2.75) is 6.04 Å². The lowest BCUT2D eigenvalue weighted by atomic mass is 10.1. The minimum Gasteiger partial charge on any atom is -0.368 e. The van der Waals surface area contributed by atoms with Crippen molar-refractivity contribution in [2.24, 2.45) is 5.73 Å². The fourth-order valence-corrected chi connectivity index (χ4v) is 1.96. The SMILES string of the molecule is CN(C)c1ccc(C(=O)N[C@@H](C(N)=O)c2ccccc2)cn1. The van der Waals surface area contributed by atoms with Gasteiger partial charge in [0.05, 0.1) is 5.56 Å². The lowest BCUT2D eigenvalue weighted by molar-refractivity contribution is -0.120. The van der Waals surface area contributed by atoms with Crippen molar-refractivity contribution >= 4 is 17.6 Å². The molecule has 1 atom stereocenters. The van der Waals surface area contributed by atoms with Gasteiger partial charge in [0, 0.05) is 20.3 Å². The molecule has 2 rings (SSSR count). The highest BCUT2D eigenvalue weighted by Gasteiger charge is 2.20. The van der Waals surface area contributed by atoms with Crippen LogP contribution in [-0.4, -0.2) is 30.9 Å². The molecule has 1 aromatic heterocycles. The van der Waals surface area contributed by atoms with Crippen molar-refractivity contribution in [1.29, 1.82) is 0 Å². The first-order chi connectivity index (χ1) is 10.5. The molecular formula is C16H18N4O2. The molecule has 3 N–H and O–H groups in total. The fraction of sp³-hybridized carbons (Fsp3) is 0.188. The fourth-order valence-electron chi connectivity index (χ4n) is 1.96. The van der Waals surface area contributed by atoms with Gasteiger partial charge in [0.2, 0.25) is 5.91 Å². The van der Waals surface area contributed by atoms with Gasteiger partial charge in [-0.25, -0.2) is 4.98 Å². The second kappa shape index (κ2) is 6.71. The van der Waals surface area contributed by atoms with Crippen LogP contribution in [-0.2, 0) is 4.79 Å². The van der Waals surface area contributed by atoms with Gasteiger partial charge in [0.25, 0.3) is 5.91 Å². The van der Waals surface area contributed by atoms with Crippen LogP contribution in [0.3, 0.4) is 0 Å². The summed E-state index contributed by atoms with van der Waals surface area (Å²) in [5.74, 6) is -0.269. The number of primary amides is 1. The van der Waals surface area contributed by atoms with Gasteiger partial charge < -0.3 is 16.0 Å². The van der Waals surface area contributed by atoms with Gasteiger partial charge in [-0.05, 0) is 17.7 Å². The van der Waals surface area contributed by atoms with Crippen LogP contribution in [0, 0.1) is 0 Å². The highest BCUT2D eigenvalue weighted by Crippen LogP contribution is 2.14. The van der Waals surface area contributed by atoms with E-state index in [-0.39, 0.29) is 0 Å². The topological polar surface area (TPSA) is 88.3 Å². The maximum atomic E-state index is 12.2. The number of amides is 2. The lowest BCUT2D eigenvalue weighted by Crippen LogP contribution is -2.37. The van der Waals surface area contributed by atoms with Crippen LogP contribution in [0.1, 0.15) is 22.0 Å². The van der Waals surface area contributed by atoms with Gasteiger partial charge in [-0.2, -0.15) is 0 Å². The molecular weight excluding hydrogens is 280 g/mol. The van der Waals surface area contributed by atoms with E-state index >= 15 is 0 Å². The van der Waals surface area contributed by atoms with Crippen LogP contribution < -0.4 is 16.0 Å². The Hall–Kier alpha value is -2.89. The molecule has 0 aliphatic heterocycles. The van der Waals surface area contributed by atoms with Crippen molar-refractivity contribution in [3.8, 4) is 0 Å². The summed E-state index contributed by atoms with van der Waals surface area (Å²) in [5.41, 5.74) is 6.39. The van der Waals surface area contributed by atoms with Crippen LogP contribution in [0.5, 0.6) is 0 Å². The first-order valence-corrected chi connectivity index (χ1v) is 6.77. The predicted molar refractivity (Wildman–Crippen MR) is 84.4 cm³/mol. The van der Waals surface area contributed by atoms with Crippen molar-refractivity contribution in [3.05, 3.63) is 59.8 Å². The van der Waals surface area contributed by atoms with E-state index in [1.54, 1.807) is 36.4 Å². The highest BCUT2D eigenvalue weighted by atomic mass is 16.2. The quantitative estimate of drug-likeness (QED) is 0.865. The number of carbonyl (C=O) groups is 2. The minimum absolute atomic E-state index is 0.368. The Morgan fingerprint density at radius 1 is 1.14 bits per heavy atom. The third-order valence-electron chi connectivity index (χ3n) is 3.16. The normalized spacial score (nSPS) is 11.5. The Kier molecular flexibility index (Phi) is 4.73. The van der Waals surface area contributed by atoms with E-state index in [4.69, 9.17) is 5.73 Å². The van der Waals surface area contributed by atoms with E-state index in [1.165, 1.54) is 6.20 Å². The molecule has 0 fully saturated rings. The second-order valence-corrected chi connectivity index (χ2v) is 5.02. The lowest BCUT2D eigenvalue weighted by Gasteiger charge is -2.16. The Balaban J connectivity index is 2.16. The van der Waals surface area contributed by atoms with Crippen molar-refractivity contribution in [2.75, 3.05) is 19.0 Å². The summed E-state index contributed by atoms with van der Waals surface area (Å²) in [5, 5.41) is 2.63. The summed E-state index contributed by atoms with van der Waals surface area (Å²) in [4.78, 5) is 29.8. The number of benzene rings is 1. The molecule has 22 heavy (non-hydrogen) atoms. The molecule has 6 nitrogen and oxygen atoms in total. The molecule has 0 radical (unpaired) electrons. The Labute approximate surface area is 129 Å². The summed E-state index contributed by atoms with van der Waals surface area (Å²) in [6, 6.07) is 11.4. The summed E-state index contributed by atoms with van der Waals surface area (Å²) < 4.78 is 0. The van der Waals surface area contributed by atoms with E-state index in [2.05, 4.69) is 10.3 Å². The zero-order valence-electron chi connectivity index (χ0n) is 12.5. The van der Waals surface area contributed by atoms with Gasteiger partial charge in [-0.15, -0.1) is 0 Å². The third kappa shape index (κ3) is 3.60. The number of nitrogens with two attached hydrogens (primary N) is 1. The maximum absolute atomic E-state index is 12.2. The maximum Gasteiger partial charge on any atom is 0.253 e. The highest BCUT2D eigenvalue weighted by molar-refractivity contribution is 5.97. The van der Waals surface area contributed by atoms with Gasteiger partial charge in [-0.3, -0.25) is 9.59 Å². The van der Waals surface area contributed by atoms with E-state index in [0.717, 1.165) is 5.82 Å². The number of rotatable bonds is 5. The number of nitrogens with one attached hydrogen (secondary N) is 1. The Morgan fingerprint density at radius 2 is 1.82 bits per heavy atom. The predicted octanol–water partition coefficient (Wildman–Crippen LogP) is 1.10. The van der Waals surface area contributed by atoms with Gasteiger partial charge in [0.1, 0.15) is 11.9 Å². The largest absolute Gasteiger partial charge is 0.368 e. The average Bonchev–Trinajstić information content (AvgIpc) is 2.53. The molecule has 0 bridgehead atoms. The standard InChI is InChI=1S/C16H18N4O2/c1-20(2)13-9-8-12(10-18-13)16(22)19-14(15(17)21)11-6-4-3-5-7-11/h3-10,14H,1-2H3,(H2,17,21)(H,19,22)/t14-/m1/s1. The molecule has 0 spiro atoms. The van der Waals surface area contributed by atoms with Gasteiger partial charge >= 0.3 is 0 Å². The van der Waals surface area contributed by atoms with Crippen LogP contribution in [0.15, 0.2) is 48.7 Å². The molecule has 6 heteroatoms. The Morgan fingerprint density at radius 3 is 2.32 bits per heavy atom. The summed E-state index contributed by atoms with van der Waals surface area (Å²) in [7, 11) is 3.72. The zero-order valence-corrected chi connectivity index (χ0v) is 12.5. The first-order valence-electron chi connectivity index (χ1n) is 6.77.